The van der Waals surface area contributed by atoms with Gasteiger partial charge < -0.3 is 15.4 Å². The molecular weight excluding hydrogens is 248 g/mol. The minimum atomic E-state index is -0.374. The van der Waals surface area contributed by atoms with Gasteiger partial charge in [-0.25, -0.2) is 0 Å². The van der Waals surface area contributed by atoms with E-state index in [0.717, 1.165) is 0 Å². The first-order valence-corrected chi connectivity index (χ1v) is 5.75. The molecule has 1 aromatic rings. The van der Waals surface area contributed by atoms with Gasteiger partial charge in [-0.3, -0.25) is 14.4 Å². The summed E-state index contributed by atoms with van der Waals surface area (Å²) in [6.07, 6.45) is 0.131. The zero-order chi connectivity index (χ0) is 14.3. The van der Waals surface area contributed by atoms with Gasteiger partial charge in [0.2, 0.25) is 5.91 Å². The van der Waals surface area contributed by atoms with Gasteiger partial charge >= 0.3 is 5.97 Å². The second kappa shape index (κ2) is 7.15. The Morgan fingerprint density at radius 2 is 1.79 bits per heavy atom. The Hall–Kier alpha value is -2.37. The van der Waals surface area contributed by atoms with Gasteiger partial charge in [-0.05, 0) is 24.3 Å². The molecule has 0 saturated carbocycles. The van der Waals surface area contributed by atoms with Crippen molar-refractivity contribution in [2.24, 2.45) is 0 Å². The number of hydrogen-bond donors (Lipinski definition) is 2. The smallest absolute Gasteiger partial charge is 0.307 e. The number of amides is 2. The zero-order valence-corrected chi connectivity index (χ0v) is 10.9. The molecule has 0 aliphatic carbocycles. The van der Waals surface area contributed by atoms with Crippen molar-refractivity contribution in [1.82, 2.24) is 5.32 Å². The lowest BCUT2D eigenvalue weighted by Crippen LogP contribution is -2.26. The summed E-state index contributed by atoms with van der Waals surface area (Å²) in [5.41, 5.74) is 1.08. The van der Waals surface area contributed by atoms with E-state index in [-0.39, 0.29) is 30.7 Å². The Kier molecular flexibility index (Phi) is 5.53. The molecule has 1 aromatic carbocycles. The van der Waals surface area contributed by atoms with Gasteiger partial charge in [-0.1, -0.05) is 0 Å². The lowest BCUT2D eigenvalue weighted by molar-refractivity contribution is -0.140. The van der Waals surface area contributed by atoms with E-state index in [4.69, 9.17) is 0 Å². The SMILES string of the molecule is COC(=O)CCNC(=O)c1ccc(NC(C)=O)cc1. The predicted molar refractivity (Wildman–Crippen MR) is 69.7 cm³/mol. The van der Waals surface area contributed by atoms with Crippen molar-refractivity contribution in [3.05, 3.63) is 29.8 Å². The second-order valence-electron chi connectivity index (χ2n) is 3.84. The third kappa shape index (κ3) is 5.20. The maximum absolute atomic E-state index is 11.7. The van der Waals surface area contributed by atoms with Crippen LogP contribution in [0.1, 0.15) is 23.7 Å². The number of carbonyl (C=O) groups is 3. The van der Waals surface area contributed by atoms with Gasteiger partial charge in [-0.2, -0.15) is 0 Å². The van der Waals surface area contributed by atoms with Gasteiger partial charge in [0.25, 0.3) is 5.91 Å². The highest BCUT2D eigenvalue weighted by molar-refractivity contribution is 5.95. The Balaban J connectivity index is 2.48. The molecule has 0 atom stereocenters. The van der Waals surface area contributed by atoms with Crippen LogP contribution in [0, 0.1) is 0 Å². The third-order valence-electron chi connectivity index (χ3n) is 2.31. The first-order valence-electron chi connectivity index (χ1n) is 5.75. The molecule has 2 N–H and O–H groups in total. The predicted octanol–water partition coefficient (Wildman–Crippen LogP) is 0.938. The Morgan fingerprint density at radius 3 is 2.32 bits per heavy atom. The van der Waals surface area contributed by atoms with Crippen molar-refractivity contribution in [1.29, 1.82) is 0 Å². The minimum absolute atomic E-state index is 0.131. The van der Waals surface area contributed by atoms with E-state index in [1.54, 1.807) is 24.3 Å². The molecule has 0 saturated heterocycles. The summed E-state index contributed by atoms with van der Waals surface area (Å²) in [7, 11) is 1.30. The zero-order valence-electron chi connectivity index (χ0n) is 10.9. The van der Waals surface area contributed by atoms with E-state index in [9.17, 15) is 14.4 Å². The van der Waals surface area contributed by atoms with Crippen LogP contribution in [-0.4, -0.2) is 31.4 Å². The molecule has 6 nitrogen and oxygen atoms in total. The van der Waals surface area contributed by atoms with Gasteiger partial charge in [0, 0.05) is 24.7 Å². The standard InChI is InChI=1S/C13H16N2O4/c1-9(16)15-11-5-3-10(4-6-11)13(18)14-8-7-12(17)19-2/h3-6H,7-8H2,1-2H3,(H,14,18)(H,15,16). The van der Waals surface area contributed by atoms with Gasteiger partial charge in [0.1, 0.15) is 0 Å². The summed E-state index contributed by atoms with van der Waals surface area (Å²) in [5, 5.41) is 5.20. The van der Waals surface area contributed by atoms with Crippen molar-refractivity contribution in [2.45, 2.75) is 13.3 Å². The molecule has 0 fully saturated rings. The van der Waals surface area contributed by atoms with Gasteiger partial charge in [-0.15, -0.1) is 0 Å². The highest BCUT2D eigenvalue weighted by Crippen LogP contribution is 2.09. The third-order valence-corrected chi connectivity index (χ3v) is 2.31. The fraction of sp³-hybridized carbons (Fsp3) is 0.308. The van der Waals surface area contributed by atoms with E-state index >= 15 is 0 Å². The number of anilines is 1. The minimum Gasteiger partial charge on any atom is -0.469 e. The number of esters is 1. The summed E-state index contributed by atoms with van der Waals surface area (Å²) >= 11 is 0. The van der Waals surface area contributed by atoms with Crippen LogP contribution in [-0.2, 0) is 14.3 Å². The van der Waals surface area contributed by atoms with E-state index in [0.29, 0.717) is 11.3 Å². The van der Waals surface area contributed by atoms with Crippen LogP contribution in [0.3, 0.4) is 0 Å². The normalized spacial score (nSPS) is 9.58. The Morgan fingerprint density at radius 1 is 1.16 bits per heavy atom. The van der Waals surface area contributed by atoms with E-state index in [2.05, 4.69) is 15.4 Å². The van der Waals surface area contributed by atoms with Crippen molar-refractivity contribution >= 4 is 23.5 Å². The average Bonchev–Trinajstić information content (AvgIpc) is 2.38. The largest absolute Gasteiger partial charge is 0.469 e. The summed E-state index contributed by atoms with van der Waals surface area (Å²) in [6.45, 7) is 1.63. The van der Waals surface area contributed by atoms with E-state index in [1.807, 2.05) is 0 Å². The van der Waals surface area contributed by atoms with Gasteiger partial charge in [0.05, 0.1) is 13.5 Å². The molecular formula is C13H16N2O4. The molecule has 0 aromatic heterocycles. The second-order valence-corrected chi connectivity index (χ2v) is 3.84. The van der Waals surface area contributed by atoms with Crippen molar-refractivity contribution in [3.8, 4) is 0 Å². The molecule has 1 rings (SSSR count). The maximum atomic E-state index is 11.7. The molecule has 0 heterocycles. The number of nitrogens with one attached hydrogen (secondary N) is 2. The maximum Gasteiger partial charge on any atom is 0.307 e. The lowest BCUT2D eigenvalue weighted by Gasteiger charge is -2.06. The van der Waals surface area contributed by atoms with E-state index < -0.39 is 0 Å². The molecule has 102 valence electrons. The molecule has 6 heteroatoms. The van der Waals surface area contributed by atoms with Crippen molar-refractivity contribution < 1.29 is 19.1 Å². The number of carbonyl (C=O) groups excluding carboxylic acids is 3. The molecule has 0 aliphatic rings. The van der Waals surface area contributed by atoms with Crippen LogP contribution >= 0.6 is 0 Å². The number of ether oxygens (including phenoxy) is 1. The fourth-order valence-electron chi connectivity index (χ4n) is 1.39. The first-order chi connectivity index (χ1) is 9.02. The molecule has 0 spiro atoms. The molecule has 2 amide bonds. The highest BCUT2D eigenvalue weighted by Gasteiger charge is 2.06. The van der Waals surface area contributed by atoms with Gasteiger partial charge in [0.15, 0.2) is 0 Å². The molecule has 19 heavy (non-hydrogen) atoms. The lowest BCUT2D eigenvalue weighted by atomic mass is 10.2. The fourth-order valence-corrected chi connectivity index (χ4v) is 1.39. The van der Waals surface area contributed by atoms with Crippen LogP contribution in [0.15, 0.2) is 24.3 Å². The summed E-state index contributed by atoms with van der Waals surface area (Å²) in [6, 6.07) is 6.46. The molecule has 0 unspecified atom stereocenters. The topological polar surface area (TPSA) is 84.5 Å². The first kappa shape index (κ1) is 14.7. The van der Waals surface area contributed by atoms with Crippen LogP contribution in [0.5, 0.6) is 0 Å². The highest BCUT2D eigenvalue weighted by atomic mass is 16.5. The average molecular weight is 264 g/mol. The quantitative estimate of drug-likeness (QED) is 0.775. The van der Waals surface area contributed by atoms with Crippen LogP contribution < -0.4 is 10.6 Å². The number of benzene rings is 1. The van der Waals surface area contributed by atoms with Crippen molar-refractivity contribution in [3.63, 3.8) is 0 Å². The molecule has 0 aliphatic heterocycles. The number of rotatable bonds is 5. The summed E-state index contributed by atoms with van der Waals surface area (Å²) in [5.74, 6) is -0.824. The number of methoxy groups -OCH3 is 1. The van der Waals surface area contributed by atoms with Crippen molar-refractivity contribution in [2.75, 3.05) is 19.0 Å². The van der Waals surface area contributed by atoms with Crippen LogP contribution in [0.25, 0.3) is 0 Å². The number of hydrogen-bond acceptors (Lipinski definition) is 4. The Bertz CT molecular complexity index is 468. The van der Waals surface area contributed by atoms with Crippen LogP contribution in [0.4, 0.5) is 5.69 Å². The Labute approximate surface area is 111 Å². The summed E-state index contributed by atoms with van der Waals surface area (Å²) in [4.78, 5) is 33.4. The molecule has 0 radical (unpaired) electrons. The monoisotopic (exact) mass is 264 g/mol. The van der Waals surface area contributed by atoms with E-state index in [1.165, 1.54) is 14.0 Å². The molecule has 0 bridgehead atoms. The van der Waals surface area contributed by atoms with Crippen LogP contribution in [0.2, 0.25) is 0 Å². The summed E-state index contributed by atoms with van der Waals surface area (Å²) < 4.78 is 4.46.